The second kappa shape index (κ2) is 11.6. The van der Waals surface area contributed by atoms with Gasteiger partial charge in [0.2, 0.25) is 15.9 Å². The SMILES string of the molecule is COc1cccc(NC(=O)CN(C)C(=O)COC(=O)[C@H](C)NS(=O)(=O)c2ccc(Cl)cc2)c1. The highest BCUT2D eigenvalue weighted by Gasteiger charge is 2.24. The van der Waals surface area contributed by atoms with Crippen molar-refractivity contribution >= 4 is 45.1 Å². The number of benzene rings is 2. The summed E-state index contributed by atoms with van der Waals surface area (Å²) in [6.07, 6.45) is 0. The monoisotopic (exact) mass is 497 g/mol. The number of nitrogens with zero attached hydrogens (tertiary/aromatic N) is 1. The Morgan fingerprint density at radius 3 is 2.42 bits per heavy atom. The molecule has 0 saturated heterocycles. The van der Waals surface area contributed by atoms with Gasteiger partial charge in [0.1, 0.15) is 11.8 Å². The van der Waals surface area contributed by atoms with Gasteiger partial charge < -0.3 is 19.7 Å². The lowest BCUT2D eigenvalue weighted by Crippen LogP contribution is -2.42. The minimum atomic E-state index is -3.99. The summed E-state index contributed by atoms with van der Waals surface area (Å²) < 4.78 is 36.8. The van der Waals surface area contributed by atoms with Crippen molar-refractivity contribution in [3.8, 4) is 5.75 Å². The predicted molar refractivity (Wildman–Crippen MR) is 121 cm³/mol. The summed E-state index contributed by atoms with van der Waals surface area (Å²) >= 11 is 5.74. The first kappa shape index (κ1) is 26.1. The Hall–Kier alpha value is -3.15. The molecule has 0 fully saturated rings. The van der Waals surface area contributed by atoms with Gasteiger partial charge in [-0.3, -0.25) is 14.4 Å². The molecule has 0 aliphatic rings. The summed E-state index contributed by atoms with van der Waals surface area (Å²) in [5.41, 5.74) is 0.494. The average Bonchev–Trinajstić information content (AvgIpc) is 2.77. The molecule has 2 aromatic rings. The van der Waals surface area contributed by atoms with E-state index in [1.807, 2.05) is 0 Å². The number of carbonyl (C=O) groups is 3. The van der Waals surface area contributed by atoms with Crippen LogP contribution >= 0.6 is 11.6 Å². The van der Waals surface area contributed by atoms with Crippen molar-refractivity contribution in [2.45, 2.75) is 17.9 Å². The number of likely N-dealkylation sites (N-methyl/N-ethyl adjacent to an activating group) is 1. The quantitative estimate of drug-likeness (QED) is 0.477. The van der Waals surface area contributed by atoms with Crippen LogP contribution in [0.25, 0.3) is 0 Å². The number of carbonyl (C=O) groups excluding carboxylic acids is 3. The van der Waals surface area contributed by atoms with Crippen LogP contribution in [0.3, 0.4) is 0 Å². The number of nitrogens with one attached hydrogen (secondary N) is 2. The van der Waals surface area contributed by atoms with Gasteiger partial charge >= 0.3 is 5.97 Å². The molecule has 0 bridgehead atoms. The summed E-state index contributed by atoms with van der Waals surface area (Å²) in [5.74, 6) is -1.49. The number of methoxy groups -OCH3 is 1. The number of amides is 2. The second-order valence-corrected chi connectivity index (χ2v) is 9.08. The Balaban J connectivity index is 1.82. The first-order valence-electron chi connectivity index (χ1n) is 9.64. The van der Waals surface area contributed by atoms with Gasteiger partial charge in [0.05, 0.1) is 18.6 Å². The Bertz CT molecular complexity index is 1110. The number of sulfonamides is 1. The minimum Gasteiger partial charge on any atom is -0.497 e. The average molecular weight is 498 g/mol. The van der Waals surface area contributed by atoms with Crippen LogP contribution in [0.2, 0.25) is 5.02 Å². The summed E-state index contributed by atoms with van der Waals surface area (Å²) in [6.45, 7) is 0.340. The van der Waals surface area contributed by atoms with Gasteiger partial charge in [-0.25, -0.2) is 8.42 Å². The minimum absolute atomic E-state index is 0.0793. The maximum absolute atomic E-state index is 12.3. The van der Waals surface area contributed by atoms with Crippen LogP contribution in [0, 0.1) is 0 Å². The Kier molecular flexibility index (Phi) is 9.21. The van der Waals surface area contributed by atoms with Crippen LogP contribution in [0.15, 0.2) is 53.4 Å². The van der Waals surface area contributed by atoms with E-state index in [0.29, 0.717) is 16.5 Å². The van der Waals surface area contributed by atoms with Gasteiger partial charge in [0.25, 0.3) is 5.91 Å². The molecule has 0 aromatic heterocycles. The molecule has 0 heterocycles. The first-order chi connectivity index (χ1) is 15.5. The molecule has 10 nitrogen and oxygen atoms in total. The Morgan fingerprint density at radius 2 is 1.79 bits per heavy atom. The lowest BCUT2D eigenvalue weighted by Gasteiger charge is -2.18. The fraction of sp³-hybridized carbons (Fsp3) is 0.286. The van der Waals surface area contributed by atoms with Crippen LogP contribution < -0.4 is 14.8 Å². The van der Waals surface area contributed by atoms with Crippen molar-refractivity contribution in [2.24, 2.45) is 0 Å². The van der Waals surface area contributed by atoms with Crippen molar-refractivity contribution in [1.82, 2.24) is 9.62 Å². The van der Waals surface area contributed by atoms with E-state index < -0.39 is 40.5 Å². The summed E-state index contributed by atoms with van der Waals surface area (Å²) in [5, 5.41) is 2.99. The van der Waals surface area contributed by atoms with E-state index in [2.05, 4.69) is 10.0 Å². The zero-order valence-electron chi connectivity index (χ0n) is 18.2. The molecule has 33 heavy (non-hydrogen) atoms. The van der Waals surface area contributed by atoms with Crippen molar-refractivity contribution < 1.29 is 32.3 Å². The van der Waals surface area contributed by atoms with Gasteiger partial charge in [-0.1, -0.05) is 17.7 Å². The zero-order valence-corrected chi connectivity index (χ0v) is 19.8. The van der Waals surface area contributed by atoms with E-state index in [4.69, 9.17) is 21.1 Å². The normalized spacial score (nSPS) is 11.9. The molecule has 2 amide bonds. The van der Waals surface area contributed by atoms with Crippen molar-refractivity contribution in [2.75, 3.05) is 32.6 Å². The summed E-state index contributed by atoms with van der Waals surface area (Å²) in [4.78, 5) is 37.5. The van der Waals surface area contributed by atoms with Gasteiger partial charge in [-0.2, -0.15) is 4.72 Å². The van der Waals surface area contributed by atoms with E-state index >= 15 is 0 Å². The summed E-state index contributed by atoms with van der Waals surface area (Å²) in [7, 11) is -1.13. The molecule has 2 rings (SSSR count). The van der Waals surface area contributed by atoms with E-state index in [1.54, 1.807) is 24.3 Å². The van der Waals surface area contributed by atoms with E-state index in [9.17, 15) is 22.8 Å². The number of anilines is 1. The molecule has 0 aliphatic carbocycles. The van der Waals surface area contributed by atoms with Crippen LogP contribution in [0.5, 0.6) is 5.75 Å². The third kappa shape index (κ3) is 8.04. The third-order valence-electron chi connectivity index (χ3n) is 4.31. The largest absolute Gasteiger partial charge is 0.497 e. The van der Waals surface area contributed by atoms with E-state index in [0.717, 1.165) is 4.90 Å². The highest BCUT2D eigenvalue weighted by Crippen LogP contribution is 2.17. The second-order valence-electron chi connectivity index (χ2n) is 6.93. The molecule has 1 atom stereocenters. The maximum atomic E-state index is 12.3. The van der Waals surface area contributed by atoms with Crippen molar-refractivity contribution in [3.05, 3.63) is 53.6 Å². The number of rotatable bonds is 10. The van der Waals surface area contributed by atoms with Gasteiger partial charge in [0.15, 0.2) is 6.61 Å². The van der Waals surface area contributed by atoms with E-state index in [-0.39, 0.29) is 11.4 Å². The Labute approximate surface area is 196 Å². The van der Waals surface area contributed by atoms with Crippen molar-refractivity contribution in [3.63, 3.8) is 0 Å². The lowest BCUT2D eigenvalue weighted by molar-refractivity contribution is -0.152. The molecule has 0 unspecified atom stereocenters. The highest BCUT2D eigenvalue weighted by atomic mass is 35.5. The molecule has 2 N–H and O–H groups in total. The van der Waals surface area contributed by atoms with Crippen LogP contribution in [0.4, 0.5) is 5.69 Å². The van der Waals surface area contributed by atoms with Crippen LogP contribution in [-0.2, 0) is 29.1 Å². The topological polar surface area (TPSA) is 131 Å². The molecular formula is C21H24ClN3O7S. The molecule has 0 aliphatic heterocycles. The van der Waals surface area contributed by atoms with Crippen LogP contribution in [-0.4, -0.2) is 64.5 Å². The van der Waals surface area contributed by atoms with Crippen LogP contribution in [0.1, 0.15) is 6.92 Å². The molecule has 178 valence electrons. The molecule has 0 saturated carbocycles. The third-order valence-corrected chi connectivity index (χ3v) is 6.12. The summed E-state index contributed by atoms with van der Waals surface area (Å²) in [6, 6.07) is 10.8. The Morgan fingerprint density at radius 1 is 1.12 bits per heavy atom. The standard InChI is InChI=1S/C21H24ClN3O7S/c1-14(24-33(29,30)18-9-7-15(22)8-10-18)21(28)32-13-20(27)25(2)12-19(26)23-16-5-4-6-17(11-16)31-3/h4-11,14,24H,12-13H2,1-3H3,(H,23,26)/t14-/m0/s1. The number of esters is 1. The number of hydrogen-bond acceptors (Lipinski definition) is 7. The first-order valence-corrected chi connectivity index (χ1v) is 11.5. The molecule has 2 aromatic carbocycles. The van der Waals surface area contributed by atoms with E-state index in [1.165, 1.54) is 45.3 Å². The molecule has 12 heteroatoms. The zero-order chi connectivity index (χ0) is 24.6. The van der Waals surface area contributed by atoms with Gasteiger partial charge in [-0.05, 0) is 43.3 Å². The highest BCUT2D eigenvalue weighted by molar-refractivity contribution is 7.89. The molecule has 0 radical (unpaired) electrons. The number of hydrogen-bond donors (Lipinski definition) is 2. The van der Waals surface area contributed by atoms with Crippen molar-refractivity contribution in [1.29, 1.82) is 0 Å². The molecule has 0 spiro atoms. The number of halogens is 1. The van der Waals surface area contributed by atoms with Gasteiger partial charge in [-0.15, -0.1) is 0 Å². The number of ether oxygens (including phenoxy) is 2. The van der Waals surface area contributed by atoms with Gasteiger partial charge in [0, 0.05) is 23.8 Å². The maximum Gasteiger partial charge on any atom is 0.324 e. The smallest absolute Gasteiger partial charge is 0.324 e. The fourth-order valence-electron chi connectivity index (χ4n) is 2.54. The molecular weight excluding hydrogens is 474 g/mol. The predicted octanol–water partition coefficient (Wildman–Crippen LogP) is 1.66. The fourth-order valence-corrected chi connectivity index (χ4v) is 3.85. The lowest BCUT2D eigenvalue weighted by atomic mass is 10.3.